The molecule has 1 aliphatic heterocycles. The predicted molar refractivity (Wildman–Crippen MR) is 64.8 cm³/mol. The highest BCUT2D eigenvalue weighted by Gasteiger charge is 1.95. The van der Waals surface area contributed by atoms with Crippen LogP contribution in [0.2, 0.25) is 0 Å². The van der Waals surface area contributed by atoms with Gasteiger partial charge in [-0.1, -0.05) is 43.0 Å². The number of hydrogen-bond donors (Lipinski definition) is 0. The second-order valence-corrected chi connectivity index (χ2v) is 3.29. The number of rotatable bonds is 1. The van der Waals surface area contributed by atoms with E-state index in [9.17, 15) is 0 Å². The zero-order valence-electron chi connectivity index (χ0n) is 9.11. The molecule has 2 N–H and O–H groups in total. The highest BCUT2D eigenvalue weighted by Crippen LogP contribution is 2.02. The van der Waals surface area contributed by atoms with Gasteiger partial charge < -0.3 is 10.2 Å². The summed E-state index contributed by atoms with van der Waals surface area (Å²) >= 11 is 0. The van der Waals surface area contributed by atoms with Gasteiger partial charge in [-0.05, 0) is 24.8 Å². The molecule has 0 radical (unpaired) electrons. The highest BCUT2D eigenvalue weighted by molar-refractivity contribution is 5.45. The Balaban J connectivity index is 0.000000253. The first kappa shape index (κ1) is 13.9. The van der Waals surface area contributed by atoms with Crippen LogP contribution in [-0.2, 0) is 4.74 Å². The van der Waals surface area contributed by atoms with Crippen molar-refractivity contribution in [3.05, 3.63) is 42.5 Å². The minimum atomic E-state index is 0. The van der Waals surface area contributed by atoms with Crippen LogP contribution in [0.4, 0.5) is 0 Å². The Hall–Kier alpha value is -1.12. The van der Waals surface area contributed by atoms with Crippen molar-refractivity contribution in [2.45, 2.75) is 19.3 Å². The Labute approximate surface area is 91.9 Å². The van der Waals surface area contributed by atoms with Gasteiger partial charge in [0.15, 0.2) is 0 Å². The fourth-order valence-corrected chi connectivity index (χ4v) is 1.28. The molecule has 1 aromatic carbocycles. The fourth-order valence-electron chi connectivity index (χ4n) is 1.28. The number of benzene rings is 1. The Kier molecular flexibility index (Phi) is 8.73. The molecule has 2 heteroatoms. The topological polar surface area (TPSA) is 40.7 Å². The first-order valence-corrected chi connectivity index (χ1v) is 5.18. The summed E-state index contributed by atoms with van der Waals surface area (Å²) in [4.78, 5) is 0. The van der Waals surface area contributed by atoms with Gasteiger partial charge in [-0.25, -0.2) is 0 Å². The molecule has 15 heavy (non-hydrogen) atoms. The van der Waals surface area contributed by atoms with Gasteiger partial charge >= 0.3 is 0 Å². The van der Waals surface area contributed by atoms with E-state index < -0.39 is 0 Å². The quantitative estimate of drug-likeness (QED) is 0.699. The molecule has 0 aromatic heterocycles. The van der Waals surface area contributed by atoms with E-state index in [0.29, 0.717) is 0 Å². The van der Waals surface area contributed by atoms with Crippen LogP contribution in [0.15, 0.2) is 36.9 Å². The molecule has 0 spiro atoms. The van der Waals surface area contributed by atoms with Crippen molar-refractivity contribution in [1.29, 1.82) is 0 Å². The number of ether oxygens (including phenoxy) is 1. The Morgan fingerprint density at radius 1 is 1.00 bits per heavy atom. The molecule has 0 bridgehead atoms. The van der Waals surface area contributed by atoms with Crippen LogP contribution in [0.25, 0.3) is 6.08 Å². The summed E-state index contributed by atoms with van der Waals surface area (Å²) in [7, 11) is 0. The van der Waals surface area contributed by atoms with E-state index in [-0.39, 0.29) is 5.48 Å². The maximum atomic E-state index is 5.07. The monoisotopic (exact) mass is 208 g/mol. The molecule has 1 aromatic rings. The van der Waals surface area contributed by atoms with Crippen molar-refractivity contribution in [3.8, 4) is 0 Å². The van der Waals surface area contributed by atoms with E-state index in [0.717, 1.165) is 13.2 Å². The molecule has 1 heterocycles. The maximum absolute atomic E-state index is 5.07. The molecule has 0 saturated carbocycles. The zero-order chi connectivity index (χ0) is 10.1. The van der Waals surface area contributed by atoms with Crippen molar-refractivity contribution in [3.63, 3.8) is 0 Å². The minimum Gasteiger partial charge on any atom is -0.412 e. The van der Waals surface area contributed by atoms with Crippen LogP contribution in [-0.4, -0.2) is 18.7 Å². The third kappa shape index (κ3) is 6.89. The van der Waals surface area contributed by atoms with Gasteiger partial charge in [-0.2, -0.15) is 0 Å². The summed E-state index contributed by atoms with van der Waals surface area (Å²) in [6.07, 6.45) is 5.76. The van der Waals surface area contributed by atoms with E-state index in [1.807, 2.05) is 36.4 Å². The van der Waals surface area contributed by atoms with Crippen LogP contribution in [0.1, 0.15) is 24.8 Å². The molecular formula is C13H20O2. The van der Waals surface area contributed by atoms with Gasteiger partial charge in [-0.3, -0.25) is 0 Å². The third-order valence-electron chi connectivity index (χ3n) is 2.11. The lowest BCUT2D eigenvalue weighted by Gasteiger charge is -2.08. The van der Waals surface area contributed by atoms with Crippen LogP contribution < -0.4 is 0 Å². The summed E-state index contributed by atoms with van der Waals surface area (Å²) < 4.78 is 5.07. The average Bonchev–Trinajstić information content (AvgIpc) is 2.33. The van der Waals surface area contributed by atoms with E-state index in [2.05, 4.69) is 6.58 Å². The zero-order valence-corrected chi connectivity index (χ0v) is 9.11. The first-order valence-electron chi connectivity index (χ1n) is 5.18. The molecule has 1 aliphatic rings. The van der Waals surface area contributed by atoms with Gasteiger partial charge in [0.2, 0.25) is 0 Å². The minimum absolute atomic E-state index is 0. The van der Waals surface area contributed by atoms with Gasteiger partial charge in [0.05, 0.1) is 0 Å². The summed E-state index contributed by atoms with van der Waals surface area (Å²) in [5.41, 5.74) is 1.17. The maximum Gasteiger partial charge on any atom is 0.0466 e. The lowest BCUT2D eigenvalue weighted by molar-refractivity contribution is 0.0968. The first-order chi connectivity index (χ1) is 6.93. The molecule has 0 unspecified atom stereocenters. The van der Waals surface area contributed by atoms with Crippen LogP contribution in [0.5, 0.6) is 0 Å². The SMILES string of the molecule is C1CCOCC1.C=Cc1ccccc1.O. The van der Waals surface area contributed by atoms with Crippen LogP contribution >= 0.6 is 0 Å². The molecule has 1 fully saturated rings. The smallest absolute Gasteiger partial charge is 0.0466 e. The summed E-state index contributed by atoms with van der Waals surface area (Å²) in [6.45, 7) is 5.63. The van der Waals surface area contributed by atoms with Crippen molar-refractivity contribution in [2.24, 2.45) is 0 Å². The van der Waals surface area contributed by atoms with Gasteiger partial charge in [0.25, 0.3) is 0 Å². The van der Waals surface area contributed by atoms with Gasteiger partial charge in [0.1, 0.15) is 0 Å². The van der Waals surface area contributed by atoms with E-state index in [1.54, 1.807) is 0 Å². The van der Waals surface area contributed by atoms with Crippen LogP contribution in [0, 0.1) is 0 Å². The predicted octanol–water partition coefficient (Wildman–Crippen LogP) is 2.69. The molecule has 2 rings (SSSR count). The van der Waals surface area contributed by atoms with E-state index >= 15 is 0 Å². The van der Waals surface area contributed by atoms with E-state index in [4.69, 9.17) is 4.74 Å². The number of hydrogen-bond acceptors (Lipinski definition) is 1. The molecule has 0 amide bonds. The van der Waals surface area contributed by atoms with Crippen LogP contribution in [0.3, 0.4) is 0 Å². The largest absolute Gasteiger partial charge is 0.412 e. The normalized spacial score (nSPS) is 14.1. The Morgan fingerprint density at radius 2 is 1.60 bits per heavy atom. The van der Waals surface area contributed by atoms with Crippen molar-refractivity contribution in [2.75, 3.05) is 13.2 Å². The summed E-state index contributed by atoms with van der Waals surface area (Å²) in [6, 6.07) is 10.0. The Bertz CT molecular complexity index is 228. The third-order valence-corrected chi connectivity index (χ3v) is 2.11. The molecule has 1 saturated heterocycles. The molecule has 0 aliphatic carbocycles. The lowest BCUT2D eigenvalue weighted by atomic mass is 10.2. The van der Waals surface area contributed by atoms with Crippen molar-refractivity contribution >= 4 is 6.08 Å². The molecule has 2 nitrogen and oxygen atoms in total. The molecule has 0 atom stereocenters. The second-order valence-electron chi connectivity index (χ2n) is 3.29. The summed E-state index contributed by atoms with van der Waals surface area (Å²) in [5, 5.41) is 0. The molecule has 84 valence electrons. The second kappa shape index (κ2) is 9.44. The van der Waals surface area contributed by atoms with E-state index in [1.165, 1.54) is 24.8 Å². The van der Waals surface area contributed by atoms with Crippen molar-refractivity contribution in [1.82, 2.24) is 0 Å². The van der Waals surface area contributed by atoms with Gasteiger partial charge in [-0.15, -0.1) is 0 Å². The fraction of sp³-hybridized carbons (Fsp3) is 0.385. The Morgan fingerprint density at radius 3 is 1.87 bits per heavy atom. The highest BCUT2D eigenvalue weighted by atomic mass is 16.5. The average molecular weight is 208 g/mol. The summed E-state index contributed by atoms with van der Waals surface area (Å²) in [5.74, 6) is 0. The standard InChI is InChI=1S/C8H8.C5H10O.H2O/c1-2-8-6-4-3-5-7-8;1-2-4-6-5-3-1;/h2-7H,1H2;1-5H2;1H2. The lowest BCUT2D eigenvalue weighted by Crippen LogP contribution is -2.03. The van der Waals surface area contributed by atoms with Crippen molar-refractivity contribution < 1.29 is 10.2 Å². The van der Waals surface area contributed by atoms with Gasteiger partial charge in [0, 0.05) is 13.2 Å². The molecular weight excluding hydrogens is 188 g/mol.